The average molecular weight is 135 g/mol. The van der Waals surface area contributed by atoms with Gasteiger partial charge in [-0.25, -0.2) is 9.97 Å². The van der Waals surface area contributed by atoms with E-state index in [4.69, 9.17) is 5.11 Å². The quantitative estimate of drug-likeness (QED) is 0.557. The number of imidazole rings is 1. The summed E-state index contributed by atoms with van der Waals surface area (Å²) in [5.74, 6) is 0.150. The molecule has 0 aliphatic rings. The SMILES string of the molecule is Oc1cnc2nc[nH]c2c1. The molecule has 2 aromatic rings. The normalized spacial score (nSPS) is 10.4. The van der Waals surface area contributed by atoms with Gasteiger partial charge in [0.1, 0.15) is 5.75 Å². The molecule has 0 aliphatic heterocycles. The topological polar surface area (TPSA) is 61.8 Å². The molecule has 10 heavy (non-hydrogen) atoms. The van der Waals surface area contributed by atoms with Gasteiger partial charge in [0, 0.05) is 6.07 Å². The fraction of sp³-hybridized carbons (Fsp3) is 0. The highest BCUT2D eigenvalue weighted by molar-refractivity contribution is 5.70. The first-order chi connectivity index (χ1) is 4.86. The summed E-state index contributed by atoms with van der Waals surface area (Å²) in [5, 5.41) is 8.94. The number of aromatic nitrogens is 3. The predicted octanol–water partition coefficient (Wildman–Crippen LogP) is 0.663. The van der Waals surface area contributed by atoms with Crippen molar-refractivity contribution in [1.29, 1.82) is 0 Å². The van der Waals surface area contributed by atoms with E-state index in [0.717, 1.165) is 5.52 Å². The molecule has 0 bridgehead atoms. The van der Waals surface area contributed by atoms with Crippen LogP contribution in [0.2, 0.25) is 0 Å². The highest BCUT2D eigenvalue weighted by Crippen LogP contribution is 2.11. The number of pyridine rings is 1. The van der Waals surface area contributed by atoms with Gasteiger partial charge in [-0.1, -0.05) is 0 Å². The Morgan fingerprint density at radius 1 is 1.40 bits per heavy atom. The Labute approximate surface area is 56.6 Å². The van der Waals surface area contributed by atoms with Crippen LogP contribution in [0.3, 0.4) is 0 Å². The van der Waals surface area contributed by atoms with Gasteiger partial charge in [0.25, 0.3) is 0 Å². The number of hydrogen-bond donors (Lipinski definition) is 2. The lowest BCUT2D eigenvalue weighted by molar-refractivity contribution is 0.473. The molecule has 2 rings (SSSR count). The van der Waals surface area contributed by atoms with Crippen LogP contribution in [0.4, 0.5) is 0 Å². The van der Waals surface area contributed by atoms with Crippen LogP contribution in [0.5, 0.6) is 5.75 Å². The lowest BCUT2D eigenvalue weighted by atomic mass is 10.4. The van der Waals surface area contributed by atoms with Gasteiger partial charge in [0.05, 0.1) is 18.0 Å². The Morgan fingerprint density at radius 3 is 3.20 bits per heavy atom. The van der Waals surface area contributed by atoms with Crippen molar-refractivity contribution >= 4 is 11.2 Å². The summed E-state index contributed by atoms with van der Waals surface area (Å²) in [6, 6.07) is 1.58. The standard InChI is InChI=1S/C6H5N3O/c10-4-1-5-6(7-2-4)9-3-8-5/h1-3,10H,(H,7,8,9). The first-order valence-electron chi connectivity index (χ1n) is 2.84. The number of hydrogen-bond acceptors (Lipinski definition) is 3. The fourth-order valence-corrected chi connectivity index (χ4v) is 0.819. The summed E-state index contributed by atoms with van der Waals surface area (Å²) in [6.07, 6.45) is 2.90. The van der Waals surface area contributed by atoms with Crippen LogP contribution >= 0.6 is 0 Å². The number of nitrogens with zero attached hydrogens (tertiary/aromatic N) is 2. The maximum Gasteiger partial charge on any atom is 0.177 e. The maximum atomic E-state index is 8.94. The van der Waals surface area contributed by atoms with Gasteiger partial charge < -0.3 is 10.1 Å². The minimum atomic E-state index is 0.150. The summed E-state index contributed by atoms with van der Waals surface area (Å²) in [4.78, 5) is 10.6. The Kier molecular flexibility index (Phi) is 0.887. The smallest absolute Gasteiger partial charge is 0.177 e. The van der Waals surface area contributed by atoms with Crippen LogP contribution in [0.25, 0.3) is 11.2 Å². The molecule has 50 valence electrons. The molecule has 4 nitrogen and oxygen atoms in total. The lowest BCUT2D eigenvalue weighted by Crippen LogP contribution is -1.74. The van der Waals surface area contributed by atoms with E-state index in [1.165, 1.54) is 12.5 Å². The Morgan fingerprint density at radius 2 is 2.30 bits per heavy atom. The molecule has 2 heterocycles. The van der Waals surface area contributed by atoms with E-state index in [0.29, 0.717) is 5.65 Å². The van der Waals surface area contributed by atoms with Crippen molar-refractivity contribution in [3.05, 3.63) is 18.6 Å². The molecular formula is C6H5N3O. The molecule has 0 fully saturated rings. The van der Waals surface area contributed by atoms with Gasteiger partial charge in [0.15, 0.2) is 5.65 Å². The van der Waals surface area contributed by atoms with E-state index in [9.17, 15) is 0 Å². The monoisotopic (exact) mass is 135 g/mol. The molecule has 0 amide bonds. The first-order valence-corrected chi connectivity index (χ1v) is 2.84. The van der Waals surface area contributed by atoms with E-state index in [1.807, 2.05) is 0 Å². The first kappa shape index (κ1) is 5.22. The zero-order chi connectivity index (χ0) is 6.97. The van der Waals surface area contributed by atoms with Gasteiger partial charge in [-0.15, -0.1) is 0 Å². The van der Waals surface area contributed by atoms with Crippen molar-refractivity contribution < 1.29 is 5.11 Å². The highest BCUT2D eigenvalue weighted by Gasteiger charge is 1.95. The van der Waals surface area contributed by atoms with Crippen LogP contribution in [-0.2, 0) is 0 Å². The molecular weight excluding hydrogens is 130 g/mol. The Bertz CT molecular complexity index is 355. The second kappa shape index (κ2) is 1.70. The van der Waals surface area contributed by atoms with Gasteiger partial charge in [-0.3, -0.25) is 0 Å². The predicted molar refractivity (Wildman–Crippen MR) is 35.6 cm³/mol. The third kappa shape index (κ3) is 0.621. The van der Waals surface area contributed by atoms with Crippen molar-refractivity contribution in [2.75, 3.05) is 0 Å². The molecule has 0 aromatic carbocycles. The minimum Gasteiger partial charge on any atom is -0.506 e. The van der Waals surface area contributed by atoms with E-state index in [2.05, 4.69) is 15.0 Å². The number of fused-ring (bicyclic) bond motifs is 1. The summed E-state index contributed by atoms with van der Waals surface area (Å²) in [6.45, 7) is 0. The van der Waals surface area contributed by atoms with E-state index in [1.54, 1.807) is 6.07 Å². The van der Waals surface area contributed by atoms with Crippen LogP contribution in [0.15, 0.2) is 18.6 Å². The van der Waals surface area contributed by atoms with Crippen LogP contribution < -0.4 is 0 Å². The number of H-pyrrole nitrogens is 1. The second-order valence-corrected chi connectivity index (χ2v) is 1.97. The summed E-state index contributed by atoms with van der Waals surface area (Å²) >= 11 is 0. The minimum absolute atomic E-state index is 0.150. The van der Waals surface area contributed by atoms with Crippen LogP contribution in [0.1, 0.15) is 0 Å². The van der Waals surface area contributed by atoms with E-state index in [-0.39, 0.29) is 5.75 Å². The van der Waals surface area contributed by atoms with Crippen molar-refractivity contribution in [3.63, 3.8) is 0 Å². The van der Waals surface area contributed by atoms with Crippen molar-refractivity contribution in [2.24, 2.45) is 0 Å². The summed E-state index contributed by atoms with van der Waals surface area (Å²) < 4.78 is 0. The molecule has 0 saturated heterocycles. The van der Waals surface area contributed by atoms with E-state index < -0.39 is 0 Å². The molecule has 0 atom stereocenters. The largest absolute Gasteiger partial charge is 0.506 e. The number of aromatic amines is 1. The Hall–Kier alpha value is -1.58. The highest BCUT2D eigenvalue weighted by atomic mass is 16.3. The fourth-order valence-electron chi connectivity index (χ4n) is 0.819. The molecule has 0 saturated carbocycles. The van der Waals surface area contributed by atoms with Gasteiger partial charge >= 0.3 is 0 Å². The third-order valence-electron chi connectivity index (χ3n) is 1.26. The van der Waals surface area contributed by atoms with Crippen molar-refractivity contribution in [2.45, 2.75) is 0 Å². The molecule has 0 spiro atoms. The van der Waals surface area contributed by atoms with Crippen LogP contribution in [-0.4, -0.2) is 20.1 Å². The lowest BCUT2D eigenvalue weighted by Gasteiger charge is -1.87. The number of aromatic hydroxyl groups is 1. The van der Waals surface area contributed by atoms with Gasteiger partial charge in [-0.05, 0) is 0 Å². The molecule has 2 N–H and O–H groups in total. The number of nitrogens with one attached hydrogen (secondary N) is 1. The molecule has 0 radical (unpaired) electrons. The third-order valence-corrected chi connectivity index (χ3v) is 1.26. The van der Waals surface area contributed by atoms with E-state index >= 15 is 0 Å². The zero-order valence-electron chi connectivity index (χ0n) is 5.07. The summed E-state index contributed by atoms with van der Waals surface area (Å²) in [5.41, 5.74) is 1.37. The van der Waals surface area contributed by atoms with Gasteiger partial charge in [-0.2, -0.15) is 0 Å². The summed E-state index contributed by atoms with van der Waals surface area (Å²) in [7, 11) is 0. The maximum absolute atomic E-state index is 8.94. The molecule has 2 aromatic heterocycles. The average Bonchev–Trinajstić information content (AvgIpc) is 2.33. The van der Waals surface area contributed by atoms with Crippen molar-refractivity contribution in [1.82, 2.24) is 15.0 Å². The number of rotatable bonds is 0. The Balaban J connectivity index is 2.86. The zero-order valence-corrected chi connectivity index (χ0v) is 5.07. The second-order valence-electron chi connectivity index (χ2n) is 1.97. The molecule has 0 aliphatic carbocycles. The van der Waals surface area contributed by atoms with Gasteiger partial charge in [0.2, 0.25) is 0 Å². The van der Waals surface area contributed by atoms with Crippen LogP contribution in [0, 0.1) is 0 Å². The van der Waals surface area contributed by atoms with Crippen molar-refractivity contribution in [3.8, 4) is 5.75 Å². The molecule has 0 unspecified atom stereocenters. The molecule has 4 heteroatoms.